The largest absolute Gasteiger partial charge is 0.505 e. The van der Waals surface area contributed by atoms with Crippen LogP contribution < -0.4 is 5.32 Å². The number of nitrogens with one attached hydrogen (secondary N) is 1. The smallest absolute Gasteiger partial charge is 0.227 e. The molecule has 0 radical (unpaired) electrons. The topological polar surface area (TPSA) is 80.0 Å². The predicted octanol–water partition coefficient (Wildman–Crippen LogP) is 5.29. The first kappa shape index (κ1) is 20.8. The molecule has 0 saturated carbocycles. The number of hydrogen-bond donors (Lipinski definition) is 2. The average Bonchev–Trinajstić information content (AvgIpc) is 3.11. The Hall–Kier alpha value is -2.89. The summed E-state index contributed by atoms with van der Waals surface area (Å²) in [6.45, 7) is 8.00. The van der Waals surface area contributed by atoms with Gasteiger partial charge in [0.15, 0.2) is 0 Å². The molecular formula is C23H30N4O2. The highest BCUT2D eigenvalue weighted by atomic mass is 16.3. The maximum absolute atomic E-state index is 12.7. The number of nitrogens with zero attached hydrogens (tertiary/aromatic N) is 3. The Morgan fingerprint density at radius 3 is 2.59 bits per heavy atom. The quantitative estimate of drug-likeness (QED) is 0.509. The normalized spacial score (nSPS) is 12.3. The van der Waals surface area contributed by atoms with Crippen molar-refractivity contribution in [3.63, 3.8) is 0 Å². The second kappa shape index (κ2) is 9.07. The monoisotopic (exact) mass is 394 g/mol. The lowest BCUT2D eigenvalue weighted by Crippen LogP contribution is -2.22. The van der Waals surface area contributed by atoms with Crippen molar-refractivity contribution in [3.8, 4) is 11.4 Å². The van der Waals surface area contributed by atoms with Crippen molar-refractivity contribution in [2.45, 2.75) is 59.8 Å². The molecule has 29 heavy (non-hydrogen) atoms. The molecule has 2 aromatic carbocycles. The molecule has 1 atom stereocenters. The molecule has 0 saturated heterocycles. The van der Waals surface area contributed by atoms with Crippen LogP contribution in [0.3, 0.4) is 0 Å². The molecule has 0 fully saturated rings. The fraction of sp³-hybridized carbons (Fsp3) is 0.435. The maximum atomic E-state index is 12.7. The van der Waals surface area contributed by atoms with Gasteiger partial charge in [-0.1, -0.05) is 39.2 Å². The molecule has 6 nitrogen and oxygen atoms in total. The number of aromatic nitrogens is 3. The van der Waals surface area contributed by atoms with Gasteiger partial charge in [0.1, 0.15) is 22.5 Å². The summed E-state index contributed by atoms with van der Waals surface area (Å²) in [4.78, 5) is 14.1. The number of fused-ring (bicyclic) bond motifs is 1. The summed E-state index contributed by atoms with van der Waals surface area (Å²) in [5, 5.41) is 22.7. The molecule has 154 valence electrons. The van der Waals surface area contributed by atoms with Gasteiger partial charge in [-0.3, -0.25) is 4.79 Å². The predicted molar refractivity (Wildman–Crippen MR) is 117 cm³/mol. The van der Waals surface area contributed by atoms with E-state index in [1.165, 1.54) is 4.80 Å². The first-order valence-electron chi connectivity index (χ1n) is 10.4. The lowest BCUT2D eigenvalue weighted by Gasteiger charge is -2.17. The molecule has 0 spiro atoms. The molecule has 0 aliphatic rings. The van der Waals surface area contributed by atoms with Gasteiger partial charge in [0.25, 0.3) is 0 Å². The minimum atomic E-state index is -0.0101. The van der Waals surface area contributed by atoms with E-state index in [9.17, 15) is 9.90 Å². The molecule has 1 aromatic heterocycles. The highest BCUT2D eigenvalue weighted by Crippen LogP contribution is 2.32. The van der Waals surface area contributed by atoms with Gasteiger partial charge in [-0.05, 0) is 56.5 Å². The molecule has 6 heteroatoms. The van der Waals surface area contributed by atoms with Gasteiger partial charge in [-0.2, -0.15) is 0 Å². The first-order chi connectivity index (χ1) is 13.9. The molecule has 2 N–H and O–H groups in total. The van der Waals surface area contributed by atoms with E-state index in [0.717, 1.165) is 48.7 Å². The van der Waals surface area contributed by atoms with Crippen LogP contribution in [0, 0.1) is 19.8 Å². The Morgan fingerprint density at radius 1 is 1.10 bits per heavy atom. The number of aromatic hydroxyl groups is 1. The van der Waals surface area contributed by atoms with Gasteiger partial charge in [-0.15, -0.1) is 15.0 Å². The van der Waals surface area contributed by atoms with E-state index in [4.69, 9.17) is 0 Å². The third-order valence-corrected chi connectivity index (χ3v) is 5.44. The van der Waals surface area contributed by atoms with Crippen LogP contribution in [0.15, 0.2) is 30.3 Å². The van der Waals surface area contributed by atoms with Crippen LogP contribution in [0.1, 0.15) is 57.1 Å². The Balaban J connectivity index is 1.82. The van der Waals surface area contributed by atoms with Crippen LogP contribution in [0.2, 0.25) is 0 Å². The van der Waals surface area contributed by atoms with Crippen LogP contribution in [-0.4, -0.2) is 26.0 Å². The second-order valence-electron chi connectivity index (χ2n) is 7.68. The number of amides is 1. The van der Waals surface area contributed by atoms with Crippen molar-refractivity contribution in [3.05, 3.63) is 41.5 Å². The highest BCUT2D eigenvalue weighted by Gasteiger charge is 2.19. The van der Waals surface area contributed by atoms with Crippen molar-refractivity contribution < 1.29 is 9.90 Å². The minimum Gasteiger partial charge on any atom is -0.505 e. The number of rotatable bonds is 8. The van der Waals surface area contributed by atoms with E-state index < -0.39 is 0 Å². The van der Waals surface area contributed by atoms with Crippen LogP contribution in [-0.2, 0) is 4.79 Å². The molecule has 1 heterocycles. The zero-order chi connectivity index (χ0) is 21.0. The third kappa shape index (κ3) is 4.58. The van der Waals surface area contributed by atoms with E-state index in [2.05, 4.69) is 22.4 Å². The fourth-order valence-corrected chi connectivity index (χ4v) is 3.51. The van der Waals surface area contributed by atoms with Gasteiger partial charge in [0, 0.05) is 17.2 Å². The highest BCUT2D eigenvalue weighted by molar-refractivity contribution is 5.93. The molecule has 1 amide bonds. The number of anilines is 1. The Kier molecular flexibility index (Phi) is 6.52. The van der Waals surface area contributed by atoms with E-state index in [1.807, 2.05) is 32.0 Å². The minimum absolute atomic E-state index is 0.0101. The zero-order valence-electron chi connectivity index (χ0n) is 17.7. The van der Waals surface area contributed by atoms with Gasteiger partial charge < -0.3 is 10.4 Å². The Morgan fingerprint density at radius 2 is 1.86 bits per heavy atom. The lowest BCUT2D eigenvalue weighted by molar-refractivity contribution is -0.120. The van der Waals surface area contributed by atoms with E-state index >= 15 is 0 Å². The van der Waals surface area contributed by atoms with E-state index in [-0.39, 0.29) is 17.6 Å². The van der Waals surface area contributed by atoms with Crippen molar-refractivity contribution >= 4 is 22.6 Å². The standard InChI is InChI=1S/C23H30N4O2/c1-5-7-8-9-17(6-2)23(29)24-18-12-13-21(22(28)16(18)4)27-25-19-11-10-15(3)14-20(19)26-27/h10-14,17,28H,5-9H2,1-4H3,(H,24,29). The summed E-state index contributed by atoms with van der Waals surface area (Å²) >= 11 is 0. The molecule has 0 bridgehead atoms. The van der Waals surface area contributed by atoms with Crippen molar-refractivity contribution in [1.29, 1.82) is 0 Å². The molecule has 3 aromatic rings. The molecule has 1 unspecified atom stereocenters. The fourth-order valence-electron chi connectivity index (χ4n) is 3.51. The summed E-state index contributed by atoms with van der Waals surface area (Å²) in [6, 6.07) is 9.40. The summed E-state index contributed by atoms with van der Waals surface area (Å²) in [7, 11) is 0. The van der Waals surface area contributed by atoms with Crippen molar-refractivity contribution in [2.75, 3.05) is 5.32 Å². The average molecular weight is 395 g/mol. The van der Waals surface area contributed by atoms with Crippen molar-refractivity contribution in [1.82, 2.24) is 15.0 Å². The number of benzene rings is 2. The number of aryl methyl sites for hydroxylation is 1. The second-order valence-corrected chi connectivity index (χ2v) is 7.68. The zero-order valence-corrected chi connectivity index (χ0v) is 17.7. The number of phenols is 1. The summed E-state index contributed by atoms with van der Waals surface area (Å²) in [5.41, 5.74) is 4.37. The van der Waals surface area contributed by atoms with Crippen LogP contribution in [0.5, 0.6) is 5.75 Å². The molecule has 0 aliphatic carbocycles. The molecule has 0 aliphatic heterocycles. The van der Waals surface area contributed by atoms with Crippen molar-refractivity contribution in [2.24, 2.45) is 5.92 Å². The lowest BCUT2D eigenvalue weighted by atomic mass is 9.97. The van der Waals surface area contributed by atoms with Crippen LogP contribution in [0.4, 0.5) is 5.69 Å². The third-order valence-electron chi connectivity index (χ3n) is 5.44. The Labute approximate surface area is 171 Å². The van der Waals surface area contributed by atoms with Gasteiger partial charge >= 0.3 is 0 Å². The first-order valence-corrected chi connectivity index (χ1v) is 10.4. The Bertz CT molecular complexity index is 1010. The number of carbonyl (C=O) groups is 1. The SMILES string of the molecule is CCCCCC(CC)C(=O)Nc1ccc(-n2nc3ccc(C)cc3n2)c(O)c1C. The van der Waals surface area contributed by atoms with Gasteiger partial charge in [0.2, 0.25) is 5.91 Å². The van der Waals surface area contributed by atoms with Crippen LogP contribution in [0.25, 0.3) is 16.7 Å². The molecular weight excluding hydrogens is 364 g/mol. The molecule has 3 rings (SSSR count). The van der Waals surface area contributed by atoms with Gasteiger partial charge in [-0.25, -0.2) is 0 Å². The summed E-state index contributed by atoms with van der Waals surface area (Å²) < 4.78 is 0. The maximum Gasteiger partial charge on any atom is 0.227 e. The number of unbranched alkanes of at least 4 members (excludes halogenated alkanes) is 2. The number of carbonyl (C=O) groups excluding carboxylic acids is 1. The number of hydrogen-bond acceptors (Lipinski definition) is 4. The van der Waals surface area contributed by atoms with Crippen LogP contribution >= 0.6 is 0 Å². The summed E-state index contributed by atoms with van der Waals surface area (Å²) in [6.07, 6.45) is 5.04. The van der Waals surface area contributed by atoms with Gasteiger partial charge in [0.05, 0.1) is 0 Å². The number of phenolic OH excluding ortho intramolecular Hbond substituents is 1. The summed E-state index contributed by atoms with van der Waals surface area (Å²) in [5.74, 6) is 0.0697. The van der Waals surface area contributed by atoms with E-state index in [1.54, 1.807) is 19.1 Å². The van der Waals surface area contributed by atoms with E-state index in [0.29, 0.717) is 16.9 Å².